The van der Waals surface area contributed by atoms with Gasteiger partial charge in [0, 0.05) is 18.7 Å². The monoisotopic (exact) mass is 491 g/mol. The number of ether oxygens (including phenoxy) is 1. The lowest BCUT2D eigenvalue weighted by Crippen LogP contribution is -2.37. The van der Waals surface area contributed by atoms with Crippen molar-refractivity contribution in [1.82, 2.24) is 15.4 Å². The van der Waals surface area contributed by atoms with Crippen LogP contribution in [0.2, 0.25) is 0 Å². The first-order valence-electron chi connectivity index (χ1n) is 11.1. The number of aromatic nitrogens is 1. The summed E-state index contributed by atoms with van der Waals surface area (Å²) < 4.78 is 10.9. The fourth-order valence-electron chi connectivity index (χ4n) is 3.46. The normalized spacial score (nSPS) is 14.6. The average Bonchev–Trinajstić information content (AvgIpc) is 3.31. The molecule has 0 saturated carbocycles. The first kappa shape index (κ1) is 24.3. The highest BCUT2D eigenvalue weighted by Crippen LogP contribution is 2.32. The number of benzene rings is 2. The number of carbonyl (C=O) groups is 3. The van der Waals surface area contributed by atoms with Crippen LogP contribution in [0.1, 0.15) is 38.5 Å². The van der Waals surface area contributed by atoms with Crippen LogP contribution >= 0.6 is 11.8 Å². The van der Waals surface area contributed by atoms with Crippen molar-refractivity contribution in [3.05, 3.63) is 87.1 Å². The van der Waals surface area contributed by atoms with E-state index >= 15 is 0 Å². The van der Waals surface area contributed by atoms with E-state index in [0.717, 1.165) is 39.0 Å². The number of nitrogens with one attached hydrogen (secondary N) is 1. The van der Waals surface area contributed by atoms with Gasteiger partial charge in [0.15, 0.2) is 0 Å². The van der Waals surface area contributed by atoms with Crippen LogP contribution in [-0.2, 0) is 11.4 Å². The van der Waals surface area contributed by atoms with E-state index in [-0.39, 0.29) is 30.1 Å². The molecule has 0 spiro atoms. The number of rotatable bonds is 8. The molecule has 8 nitrogen and oxygen atoms in total. The van der Waals surface area contributed by atoms with Gasteiger partial charge in [-0.05, 0) is 68.4 Å². The third-order valence-corrected chi connectivity index (χ3v) is 6.46. The van der Waals surface area contributed by atoms with Crippen molar-refractivity contribution in [2.24, 2.45) is 0 Å². The Balaban J connectivity index is 1.27. The molecule has 2 heterocycles. The molecule has 0 unspecified atom stereocenters. The lowest BCUT2D eigenvalue weighted by Gasteiger charge is -2.13. The maximum Gasteiger partial charge on any atom is 0.293 e. The van der Waals surface area contributed by atoms with E-state index in [1.807, 2.05) is 45.0 Å². The number of carbonyl (C=O) groups excluding carboxylic acids is 3. The van der Waals surface area contributed by atoms with Crippen LogP contribution in [0.15, 0.2) is 58.0 Å². The molecule has 0 bridgehead atoms. The summed E-state index contributed by atoms with van der Waals surface area (Å²) in [4.78, 5) is 38.9. The van der Waals surface area contributed by atoms with Crippen molar-refractivity contribution in [1.29, 1.82) is 0 Å². The zero-order valence-corrected chi connectivity index (χ0v) is 20.5. The number of imide groups is 1. The van der Waals surface area contributed by atoms with Gasteiger partial charge in [-0.2, -0.15) is 0 Å². The maximum absolute atomic E-state index is 12.6. The van der Waals surface area contributed by atoms with Crippen LogP contribution < -0.4 is 10.1 Å². The van der Waals surface area contributed by atoms with Gasteiger partial charge >= 0.3 is 0 Å². The standard InChI is InChI=1S/C26H25N3O5S/c1-16-4-6-19(7-5-16)14-23-25(31)29(26(32)35-23)13-12-27-24(30)20-8-10-21(11-9-20)33-15-22-17(2)28-34-18(22)3/h4-11,14H,12-13,15H2,1-3H3,(H,27,30)/b23-14-. The van der Waals surface area contributed by atoms with E-state index in [4.69, 9.17) is 9.26 Å². The van der Waals surface area contributed by atoms with Crippen LogP contribution in [0.5, 0.6) is 5.75 Å². The minimum absolute atomic E-state index is 0.0975. The Labute approximate surface area is 207 Å². The van der Waals surface area contributed by atoms with Crippen molar-refractivity contribution in [2.75, 3.05) is 13.1 Å². The Morgan fingerprint density at radius 3 is 2.46 bits per heavy atom. The van der Waals surface area contributed by atoms with Crippen LogP contribution in [-0.4, -0.2) is 40.2 Å². The fraction of sp³-hybridized carbons (Fsp3) is 0.231. The quantitative estimate of drug-likeness (QED) is 0.458. The van der Waals surface area contributed by atoms with E-state index in [2.05, 4.69) is 10.5 Å². The molecule has 1 aliphatic heterocycles. The summed E-state index contributed by atoms with van der Waals surface area (Å²) in [5.74, 6) is 0.670. The Hall–Kier alpha value is -3.85. The molecule has 180 valence electrons. The lowest BCUT2D eigenvalue weighted by molar-refractivity contribution is -0.122. The molecule has 1 saturated heterocycles. The third-order valence-electron chi connectivity index (χ3n) is 5.55. The molecule has 3 aromatic rings. The number of thioether (sulfide) groups is 1. The smallest absolute Gasteiger partial charge is 0.293 e. The van der Waals surface area contributed by atoms with Crippen LogP contribution in [0.3, 0.4) is 0 Å². The summed E-state index contributed by atoms with van der Waals surface area (Å²) >= 11 is 0.905. The summed E-state index contributed by atoms with van der Waals surface area (Å²) in [5.41, 5.74) is 4.10. The lowest BCUT2D eigenvalue weighted by atomic mass is 10.1. The van der Waals surface area contributed by atoms with Crippen molar-refractivity contribution in [3.8, 4) is 5.75 Å². The first-order chi connectivity index (χ1) is 16.8. The molecule has 2 aromatic carbocycles. The average molecular weight is 492 g/mol. The second kappa shape index (κ2) is 10.6. The van der Waals surface area contributed by atoms with Crippen LogP contribution in [0, 0.1) is 20.8 Å². The Bertz CT molecular complexity index is 1260. The minimum atomic E-state index is -0.352. The molecule has 35 heavy (non-hydrogen) atoms. The second-order valence-corrected chi connectivity index (χ2v) is 9.11. The topological polar surface area (TPSA) is 102 Å². The van der Waals surface area contributed by atoms with Crippen LogP contribution in [0.25, 0.3) is 6.08 Å². The summed E-state index contributed by atoms with van der Waals surface area (Å²) in [6.07, 6.45) is 1.71. The highest BCUT2D eigenvalue weighted by molar-refractivity contribution is 8.18. The van der Waals surface area contributed by atoms with E-state index < -0.39 is 0 Å². The van der Waals surface area contributed by atoms with Crippen molar-refractivity contribution in [2.45, 2.75) is 27.4 Å². The Kier molecular flexibility index (Phi) is 7.36. The molecular weight excluding hydrogens is 466 g/mol. The molecule has 0 atom stereocenters. The zero-order valence-electron chi connectivity index (χ0n) is 19.7. The Morgan fingerprint density at radius 1 is 1.09 bits per heavy atom. The largest absolute Gasteiger partial charge is 0.489 e. The molecular formula is C26H25N3O5S. The van der Waals surface area contributed by atoms with Gasteiger partial charge in [0.25, 0.3) is 17.1 Å². The molecule has 9 heteroatoms. The van der Waals surface area contributed by atoms with Crippen LogP contribution in [0.4, 0.5) is 4.79 Å². The predicted molar refractivity (Wildman–Crippen MR) is 133 cm³/mol. The van der Waals surface area contributed by atoms with Gasteiger partial charge in [0.05, 0.1) is 16.2 Å². The predicted octanol–water partition coefficient (Wildman–Crippen LogP) is 4.65. The van der Waals surface area contributed by atoms with E-state index in [1.54, 1.807) is 30.3 Å². The molecule has 1 N–H and O–H groups in total. The van der Waals surface area contributed by atoms with Crippen molar-refractivity contribution < 1.29 is 23.6 Å². The zero-order chi connectivity index (χ0) is 24.9. The molecule has 1 aromatic heterocycles. The SMILES string of the molecule is Cc1ccc(/C=C2\SC(=O)N(CCNC(=O)c3ccc(OCc4c(C)noc4C)cc3)C2=O)cc1. The number of hydrogen-bond acceptors (Lipinski definition) is 7. The number of hydrogen-bond donors (Lipinski definition) is 1. The summed E-state index contributed by atoms with van der Waals surface area (Å²) in [7, 11) is 0. The molecule has 4 rings (SSSR count). The van der Waals surface area contributed by atoms with Crippen molar-refractivity contribution >= 4 is 34.9 Å². The van der Waals surface area contributed by atoms with Gasteiger partial charge in [0.1, 0.15) is 18.1 Å². The molecule has 0 radical (unpaired) electrons. The third kappa shape index (κ3) is 5.81. The van der Waals surface area contributed by atoms with Gasteiger partial charge in [0.2, 0.25) is 0 Å². The fourth-order valence-corrected chi connectivity index (χ4v) is 4.32. The number of aryl methyl sites for hydroxylation is 3. The molecule has 1 fully saturated rings. The maximum atomic E-state index is 12.6. The minimum Gasteiger partial charge on any atom is -0.489 e. The van der Waals surface area contributed by atoms with Gasteiger partial charge in [-0.3, -0.25) is 19.3 Å². The molecule has 1 aliphatic rings. The van der Waals surface area contributed by atoms with Gasteiger partial charge in [-0.1, -0.05) is 35.0 Å². The summed E-state index contributed by atoms with van der Waals surface area (Å²) in [5, 5.41) is 6.31. The number of nitrogens with zero attached hydrogens (tertiary/aromatic N) is 2. The second-order valence-electron chi connectivity index (χ2n) is 8.12. The molecule has 3 amide bonds. The summed E-state index contributed by atoms with van der Waals surface area (Å²) in [6.45, 7) is 6.24. The number of amides is 3. The highest BCUT2D eigenvalue weighted by Gasteiger charge is 2.34. The van der Waals surface area contributed by atoms with Gasteiger partial charge in [-0.25, -0.2) is 0 Å². The van der Waals surface area contributed by atoms with E-state index in [0.29, 0.717) is 28.6 Å². The van der Waals surface area contributed by atoms with E-state index in [1.165, 1.54) is 0 Å². The van der Waals surface area contributed by atoms with Crippen molar-refractivity contribution in [3.63, 3.8) is 0 Å². The summed E-state index contributed by atoms with van der Waals surface area (Å²) in [6, 6.07) is 14.4. The Morgan fingerprint density at radius 2 is 1.80 bits per heavy atom. The highest BCUT2D eigenvalue weighted by atomic mass is 32.2. The van der Waals surface area contributed by atoms with E-state index in [9.17, 15) is 14.4 Å². The first-order valence-corrected chi connectivity index (χ1v) is 11.9. The molecule has 0 aliphatic carbocycles. The van der Waals surface area contributed by atoms with Gasteiger partial charge < -0.3 is 14.6 Å². The van der Waals surface area contributed by atoms with Gasteiger partial charge in [-0.15, -0.1) is 0 Å².